The Morgan fingerprint density at radius 1 is 1.00 bits per heavy atom. The van der Waals surface area contributed by atoms with Gasteiger partial charge in [-0.2, -0.15) is 4.98 Å². The average molecular weight is 403 g/mol. The molecule has 8 nitrogen and oxygen atoms in total. The monoisotopic (exact) mass is 402 g/mol. The molecular weight excluding hydrogens is 391 g/mol. The number of hydrogen-bond acceptors (Lipinski definition) is 8. The van der Waals surface area contributed by atoms with Gasteiger partial charge in [0.25, 0.3) is 11.6 Å². The van der Waals surface area contributed by atoms with Crippen LogP contribution in [0, 0.1) is 0 Å². The van der Waals surface area contributed by atoms with Gasteiger partial charge < -0.3 is 14.3 Å². The molecule has 3 aromatic rings. The van der Waals surface area contributed by atoms with Crippen molar-refractivity contribution in [1.82, 2.24) is 25.0 Å². The van der Waals surface area contributed by atoms with Gasteiger partial charge in [0.1, 0.15) is 10.3 Å². The van der Waals surface area contributed by atoms with Crippen LogP contribution in [0.3, 0.4) is 0 Å². The summed E-state index contributed by atoms with van der Waals surface area (Å²) in [7, 11) is 0. The maximum absolute atomic E-state index is 5.88. The molecule has 5 rings (SSSR count). The SMILES string of the molecule is Clc1ccc(C2=NOC3(c4nc(-c5ccc(Cl)nc5)no4)CCCN23)cn1. The first-order valence-corrected chi connectivity index (χ1v) is 9.03. The molecule has 0 aliphatic carbocycles. The molecular formula is C17H12Cl2N6O2. The van der Waals surface area contributed by atoms with Crippen molar-refractivity contribution in [2.75, 3.05) is 6.54 Å². The Bertz CT molecular complexity index is 1020. The van der Waals surface area contributed by atoms with E-state index in [1.807, 2.05) is 11.0 Å². The highest BCUT2D eigenvalue weighted by atomic mass is 35.5. The Morgan fingerprint density at radius 3 is 2.44 bits per heavy atom. The van der Waals surface area contributed by atoms with Gasteiger partial charge in [0.15, 0.2) is 5.84 Å². The number of fused-ring (bicyclic) bond motifs is 1. The molecule has 136 valence electrons. The summed E-state index contributed by atoms with van der Waals surface area (Å²) in [6.07, 6.45) is 4.84. The van der Waals surface area contributed by atoms with Crippen molar-refractivity contribution in [3.63, 3.8) is 0 Å². The lowest BCUT2D eigenvalue weighted by molar-refractivity contribution is -0.106. The molecule has 0 N–H and O–H groups in total. The predicted octanol–water partition coefficient (Wildman–Crippen LogP) is 3.47. The fraction of sp³-hybridized carbons (Fsp3) is 0.235. The van der Waals surface area contributed by atoms with Gasteiger partial charge in [0.05, 0.1) is 0 Å². The average Bonchev–Trinajstić information content (AvgIpc) is 3.38. The topological polar surface area (TPSA) is 89.5 Å². The third-order valence-electron chi connectivity index (χ3n) is 4.60. The van der Waals surface area contributed by atoms with Gasteiger partial charge in [-0.1, -0.05) is 33.5 Å². The van der Waals surface area contributed by atoms with Crippen LogP contribution in [-0.4, -0.2) is 37.4 Å². The molecule has 5 heterocycles. The molecule has 1 unspecified atom stereocenters. The second-order valence-corrected chi connectivity index (χ2v) is 6.98. The van der Waals surface area contributed by atoms with E-state index >= 15 is 0 Å². The Balaban J connectivity index is 1.48. The van der Waals surface area contributed by atoms with Crippen LogP contribution in [0.4, 0.5) is 0 Å². The first kappa shape index (κ1) is 16.5. The molecule has 0 saturated carbocycles. The van der Waals surface area contributed by atoms with Crippen LogP contribution in [0.15, 0.2) is 46.3 Å². The lowest BCUT2D eigenvalue weighted by Crippen LogP contribution is -2.41. The molecule has 1 saturated heterocycles. The molecule has 0 amide bonds. The molecule has 0 aromatic carbocycles. The zero-order valence-corrected chi connectivity index (χ0v) is 15.4. The number of aromatic nitrogens is 4. The van der Waals surface area contributed by atoms with Crippen LogP contribution in [0.5, 0.6) is 0 Å². The summed E-state index contributed by atoms with van der Waals surface area (Å²) in [6, 6.07) is 7.02. The molecule has 27 heavy (non-hydrogen) atoms. The lowest BCUT2D eigenvalue weighted by Gasteiger charge is -2.26. The molecule has 1 atom stereocenters. The fourth-order valence-electron chi connectivity index (χ4n) is 3.32. The molecule has 0 bridgehead atoms. The summed E-state index contributed by atoms with van der Waals surface area (Å²) in [5.74, 6) is 1.44. The van der Waals surface area contributed by atoms with Crippen LogP contribution in [-0.2, 0) is 10.6 Å². The summed E-state index contributed by atoms with van der Waals surface area (Å²) in [6.45, 7) is 0.752. The van der Waals surface area contributed by atoms with Crippen molar-refractivity contribution in [2.45, 2.75) is 18.6 Å². The van der Waals surface area contributed by atoms with E-state index in [1.165, 1.54) is 0 Å². The zero-order chi connectivity index (χ0) is 18.4. The molecule has 3 aromatic heterocycles. The Labute approximate surface area is 163 Å². The second kappa shape index (κ2) is 6.17. The van der Waals surface area contributed by atoms with Gasteiger partial charge in [-0.25, -0.2) is 9.97 Å². The highest BCUT2D eigenvalue weighted by Crippen LogP contribution is 2.44. The third-order valence-corrected chi connectivity index (χ3v) is 5.05. The van der Waals surface area contributed by atoms with E-state index in [1.54, 1.807) is 30.6 Å². The largest absolute Gasteiger partial charge is 0.355 e. The van der Waals surface area contributed by atoms with E-state index in [0.717, 1.165) is 18.5 Å². The number of rotatable bonds is 3. The van der Waals surface area contributed by atoms with Gasteiger partial charge in [0.2, 0.25) is 5.82 Å². The van der Waals surface area contributed by atoms with Crippen LogP contribution in [0.25, 0.3) is 11.4 Å². The number of pyridine rings is 2. The van der Waals surface area contributed by atoms with Crippen molar-refractivity contribution >= 4 is 29.0 Å². The molecule has 2 aliphatic rings. The number of hydrogen-bond donors (Lipinski definition) is 0. The Kier molecular flexibility index (Phi) is 3.76. The van der Waals surface area contributed by atoms with Gasteiger partial charge in [0, 0.05) is 36.5 Å². The van der Waals surface area contributed by atoms with E-state index < -0.39 is 5.72 Å². The van der Waals surface area contributed by atoms with Gasteiger partial charge in [-0.3, -0.25) is 0 Å². The number of nitrogens with zero attached hydrogens (tertiary/aromatic N) is 6. The minimum Gasteiger partial charge on any atom is -0.355 e. The summed E-state index contributed by atoms with van der Waals surface area (Å²) in [5, 5.41) is 9.15. The van der Waals surface area contributed by atoms with Gasteiger partial charge >= 0.3 is 0 Å². The molecule has 0 spiro atoms. The summed E-state index contributed by atoms with van der Waals surface area (Å²) in [4.78, 5) is 20.6. The van der Waals surface area contributed by atoms with Gasteiger partial charge in [-0.05, 0) is 30.7 Å². The molecule has 0 radical (unpaired) electrons. The number of oxime groups is 1. The normalized spacial score (nSPS) is 21.1. The van der Waals surface area contributed by atoms with E-state index in [4.69, 9.17) is 32.6 Å². The number of halogens is 2. The lowest BCUT2D eigenvalue weighted by atomic mass is 10.1. The summed E-state index contributed by atoms with van der Waals surface area (Å²) < 4.78 is 5.54. The zero-order valence-electron chi connectivity index (χ0n) is 13.8. The number of amidine groups is 1. The highest BCUT2D eigenvalue weighted by Gasteiger charge is 2.55. The second-order valence-electron chi connectivity index (χ2n) is 6.21. The smallest absolute Gasteiger partial charge is 0.295 e. The van der Waals surface area contributed by atoms with E-state index in [0.29, 0.717) is 39.8 Å². The van der Waals surface area contributed by atoms with Gasteiger partial charge in [-0.15, -0.1) is 0 Å². The first-order valence-electron chi connectivity index (χ1n) is 8.28. The minimum absolute atomic E-state index is 0.352. The predicted molar refractivity (Wildman–Crippen MR) is 97.0 cm³/mol. The van der Waals surface area contributed by atoms with E-state index in [-0.39, 0.29) is 0 Å². The first-order chi connectivity index (χ1) is 13.2. The van der Waals surface area contributed by atoms with Crippen molar-refractivity contribution in [2.24, 2.45) is 5.16 Å². The van der Waals surface area contributed by atoms with Crippen molar-refractivity contribution in [1.29, 1.82) is 0 Å². The summed E-state index contributed by atoms with van der Waals surface area (Å²) in [5.41, 5.74) is 0.612. The van der Waals surface area contributed by atoms with Crippen LogP contribution >= 0.6 is 23.2 Å². The standard InChI is InChI=1S/C17H12Cl2N6O2/c18-12-4-2-10(8-20-12)14-22-16(26-23-14)17-6-1-7-25(17)15(24-27-17)11-3-5-13(19)21-9-11/h2-5,8-9H,1,6-7H2. The van der Waals surface area contributed by atoms with Crippen molar-refractivity contribution in [3.05, 3.63) is 58.4 Å². The van der Waals surface area contributed by atoms with Crippen molar-refractivity contribution < 1.29 is 9.36 Å². The quantitative estimate of drug-likeness (QED) is 0.619. The minimum atomic E-state index is -0.903. The van der Waals surface area contributed by atoms with Crippen LogP contribution in [0.1, 0.15) is 24.3 Å². The van der Waals surface area contributed by atoms with Crippen LogP contribution < -0.4 is 0 Å². The Morgan fingerprint density at radius 2 is 1.74 bits per heavy atom. The van der Waals surface area contributed by atoms with E-state index in [2.05, 4.69) is 25.3 Å². The Hall–Kier alpha value is -2.71. The third kappa shape index (κ3) is 2.64. The molecule has 10 heteroatoms. The van der Waals surface area contributed by atoms with Crippen molar-refractivity contribution in [3.8, 4) is 11.4 Å². The maximum Gasteiger partial charge on any atom is 0.295 e. The maximum atomic E-state index is 5.88. The highest BCUT2D eigenvalue weighted by molar-refractivity contribution is 6.29. The molecule has 2 aliphatic heterocycles. The summed E-state index contributed by atoms with van der Waals surface area (Å²) >= 11 is 11.7. The van der Waals surface area contributed by atoms with Crippen LogP contribution in [0.2, 0.25) is 10.3 Å². The fourth-order valence-corrected chi connectivity index (χ4v) is 3.54. The molecule has 1 fully saturated rings. The van der Waals surface area contributed by atoms with E-state index in [9.17, 15) is 0 Å².